The molecule has 3 heterocycles. The lowest BCUT2D eigenvalue weighted by atomic mass is 9.98. The number of carbonyl (C=O) groups excluding carboxylic acids is 1. The van der Waals surface area contributed by atoms with E-state index in [1.807, 2.05) is 6.07 Å². The Hall–Kier alpha value is -2.77. The lowest BCUT2D eigenvalue weighted by Gasteiger charge is -2.38. The second kappa shape index (κ2) is 7.33. The van der Waals surface area contributed by atoms with Gasteiger partial charge in [0.05, 0.1) is 12.7 Å². The van der Waals surface area contributed by atoms with E-state index in [2.05, 4.69) is 9.72 Å². The summed E-state index contributed by atoms with van der Waals surface area (Å²) in [5, 5.41) is 0. The highest BCUT2D eigenvalue weighted by atomic mass is 19.2. The molecule has 2 atom stereocenters. The normalized spacial score (nSPS) is 23.6. The summed E-state index contributed by atoms with van der Waals surface area (Å²) in [7, 11) is 1.03. The lowest BCUT2D eigenvalue weighted by molar-refractivity contribution is 0.0343. The highest BCUT2D eigenvalue weighted by Crippen LogP contribution is 2.39. The third-order valence-electron chi connectivity index (χ3n) is 5.40. The summed E-state index contributed by atoms with van der Waals surface area (Å²) in [4.78, 5) is 18.7. The lowest BCUT2D eigenvalue weighted by Crippen LogP contribution is -2.49. The van der Waals surface area contributed by atoms with Gasteiger partial charge in [0.25, 0.3) is 5.91 Å². The standard InChI is InChI=1S/C20H19F3N2O3/c1-27-19-17(22)14(10-15(21)18(19)23)20(26)25-11-5-6-12(25)9-13(8-11)28-16-4-2-3-7-24-16/h2-4,7,10-13H,5-6,8-9H2,1H3. The van der Waals surface area contributed by atoms with Crippen LogP contribution in [0.1, 0.15) is 36.0 Å². The van der Waals surface area contributed by atoms with Gasteiger partial charge >= 0.3 is 0 Å². The van der Waals surface area contributed by atoms with Crippen molar-refractivity contribution in [3.8, 4) is 11.6 Å². The van der Waals surface area contributed by atoms with Crippen molar-refractivity contribution < 1.29 is 27.4 Å². The number of hydrogen-bond donors (Lipinski definition) is 0. The van der Waals surface area contributed by atoms with E-state index in [1.165, 1.54) is 0 Å². The number of amides is 1. The van der Waals surface area contributed by atoms with E-state index in [1.54, 1.807) is 23.2 Å². The Labute approximate surface area is 160 Å². The topological polar surface area (TPSA) is 51.7 Å². The van der Waals surface area contributed by atoms with E-state index in [9.17, 15) is 18.0 Å². The number of aromatic nitrogens is 1. The third kappa shape index (κ3) is 3.16. The molecule has 0 radical (unpaired) electrons. The largest absolute Gasteiger partial charge is 0.491 e. The molecule has 0 spiro atoms. The van der Waals surface area contributed by atoms with Crippen LogP contribution in [0.5, 0.6) is 11.6 Å². The van der Waals surface area contributed by atoms with Gasteiger partial charge < -0.3 is 14.4 Å². The summed E-state index contributed by atoms with van der Waals surface area (Å²) in [6, 6.07) is 5.68. The maximum atomic E-state index is 14.5. The molecule has 0 aliphatic carbocycles. The van der Waals surface area contributed by atoms with Gasteiger partial charge in [-0.2, -0.15) is 4.39 Å². The molecule has 2 fully saturated rings. The SMILES string of the molecule is COc1c(F)c(F)cc(C(=O)N2C3CCC2CC(Oc2ccccn2)C3)c1F. The van der Waals surface area contributed by atoms with E-state index in [-0.39, 0.29) is 18.2 Å². The van der Waals surface area contributed by atoms with Gasteiger partial charge in [0, 0.05) is 37.2 Å². The Balaban J connectivity index is 1.55. The molecule has 0 saturated carbocycles. The van der Waals surface area contributed by atoms with Crippen LogP contribution in [0, 0.1) is 17.5 Å². The summed E-state index contributed by atoms with van der Waals surface area (Å²) in [6.07, 6.45) is 4.17. The molecule has 2 bridgehead atoms. The molecule has 5 nitrogen and oxygen atoms in total. The van der Waals surface area contributed by atoms with E-state index in [4.69, 9.17) is 4.74 Å². The monoisotopic (exact) mass is 392 g/mol. The molecule has 2 aliphatic heterocycles. The smallest absolute Gasteiger partial charge is 0.257 e. The summed E-state index contributed by atoms with van der Waals surface area (Å²) in [5.74, 6) is -4.97. The Morgan fingerprint density at radius 1 is 1.14 bits per heavy atom. The number of nitrogens with zero attached hydrogens (tertiary/aromatic N) is 2. The number of methoxy groups -OCH3 is 1. The Kier molecular flexibility index (Phi) is 4.87. The van der Waals surface area contributed by atoms with Gasteiger partial charge in [-0.3, -0.25) is 4.79 Å². The number of fused-ring (bicyclic) bond motifs is 2. The van der Waals surface area contributed by atoms with Gasteiger partial charge in [0.15, 0.2) is 17.4 Å². The molecule has 148 valence electrons. The fraction of sp³-hybridized carbons (Fsp3) is 0.400. The van der Waals surface area contributed by atoms with Crippen molar-refractivity contribution in [2.45, 2.75) is 43.9 Å². The average molecular weight is 392 g/mol. The number of carbonyl (C=O) groups is 1. The first kappa shape index (κ1) is 18.6. The van der Waals surface area contributed by atoms with Crippen LogP contribution >= 0.6 is 0 Å². The number of hydrogen-bond acceptors (Lipinski definition) is 4. The number of ether oxygens (including phenoxy) is 2. The van der Waals surface area contributed by atoms with Crippen LogP contribution in [0.2, 0.25) is 0 Å². The molecule has 2 unspecified atom stereocenters. The van der Waals surface area contributed by atoms with Gasteiger partial charge in [-0.05, 0) is 25.0 Å². The highest BCUT2D eigenvalue weighted by Gasteiger charge is 2.45. The zero-order chi connectivity index (χ0) is 19.8. The van der Waals surface area contributed by atoms with Gasteiger partial charge in [-0.1, -0.05) is 6.07 Å². The third-order valence-corrected chi connectivity index (χ3v) is 5.40. The van der Waals surface area contributed by atoms with Gasteiger partial charge in [-0.25, -0.2) is 13.8 Å². The van der Waals surface area contributed by atoms with Gasteiger partial charge in [0.1, 0.15) is 6.10 Å². The van der Waals surface area contributed by atoms with Crippen molar-refractivity contribution in [2.24, 2.45) is 0 Å². The highest BCUT2D eigenvalue weighted by molar-refractivity contribution is 5.95. The molecule has 2 aliphatic rings. The van der Waals surface area contributed by atoms with Crippen LogP contribution in [0.15, 0.2) is 30.5 Å². The number of pyridine rings is 1. The summed E-state index contributed by atoms with van der Waals surface area (Å²) >= 11 is 0. The predicted octanol–water partition coefficient (Wildman–Crippen LogP) is 3.72. The Bertz CT molecular complexity index is 880. The molecule has 8 heteroatoms. The van der Waals surface area contributed by atoms with Crippen LogP contribution in [0.3, 0.4) is 0 Å². The number of benzene rings is 1. The van der Waals surface area contributed by atoms with Crippen LogP contribution in [0.25, 0.3) is 0 Å². The fourth-order valence-electron chi connectivity index (χ4n) is 4.20. The van der Waals surface area contributed by atoms with Crippen LogP contribution in [0.4, 0.5) is 13.2 Å². The first-order chi connectivity index (χ1) is 13.5. The predicted molar refractivity (Wildman–Crippen MR) is 93.7 cm³/mol. The zero-order valence-corrected chi connectivity index (χ0v) is 15.2. The molecule has 0 N–H and O–H groups in total. The minimum atomic E-state index is -1.44. The molecule has 2 aromatic rings. The second-order valence-corrected chi connectivity index (χ2v) is 7.04. The molecule has 2 saturated heterocycles. The van der Waals surface area contributed by atoms with Gasteiger partial charge in [-0.15, -0.1) is 0 Å². The van der Waals surface area contributed by atoms with Crippen molar-refractivity contribution in [1.29, 1.82) is 0 Å². The van der Waals surface area contributed by atoms with Crippen molar-refractivity contribution in [3.05, 3.63) is 53.5 Å². The molecule has 1 amide bonds. The summed E-state index contributed by atoms with van der Waals surface area (Å²) in [5.41, 5.74) is -0.517. The maximum absolute atomic E-state index is 14.5. The van der Waals surface area contributed by atoms with Crippen molar-refractivity contribution >= 4 is 5.91 Å². The Morgan fingerprint density at radius 2 is 1.86 bits per heavy atom. The summed E-state index contributed by atoms with van der Waals surface area (Å²) in [6.45, 7) is 0. The van der Waals surface area contributed by atoms with E-state index in [0.29, 0.717) is 24.8 Å². The quantitative estimate of drug-likeness (QED) is 0.745. The maximum Gasteiger partial charge on any atom is 0.257 e. The molecular weight excluding hydrogens is 373 g/mol. The minimum absolute atomic E-state index is 0.110. The minimum Gasteiger partial charge on any atom is -0.491 e. The van der Waals surface area contributed by atoms with Crippen LogP contribution < -0.4 is 9.47 Å². The van der Waals surface area contributed by atoms with E-state index >= 15 is 0 Å². The van der Waals surface area contributed by atoms with Gasteiger partial charge in [0.2, 0.25) is 11.7 Å². The average Bonchev–Trinajstić information content (AvgIpc) is 2.96. The first-order valence-electron chi connectivity index (χ1n) is 9.11. The fourth-order valence-corrected chi connectivity index (χ4v) is 4.20. The molecule has 1 aromatic carbocycles. The number of rotatable bonds is 4. The number of piperidine rings is 1. The van der Waals surface area contributed by atoms with Crippen molar-refractivity contribution in [3.63, 3.8) is 0 Å². The Morgan fingerprint density at radius 3 is 2.46 bits per heavy atom. The first-order valence-corrected chi connectivity index (χ1v) is 9.11. The van der Waals surface area contributed by atoms with E-state index < -0.39 is 34.7 Å². The van der Waals surface area contributed by atoms with Crippen molar-refractivity contribution in [1.82, 2.24) is 9.88 Å². The summed E-state index contributed by atoms with van der Waals surface area (Å²) < 4.78 is 52.6. The van der Waals surface area contributed by atoms with Crippen LogP contribution in [-0.4, -0.2) is 41.1 Å². The van der Waals surface area contributed by atoms with Crippen molar-refractivity contribution in [2.75, 3.05) is 7.11 Å². The zero-order valence-electron chi connectivity index (χ0n) is 15.2. The second-order valence-electron chi connectivity index (χ2n) is 7.04. The molecule has 1 aromatic heterocycles. The van der Waals surface area contributed by atoms with Crippen LogP contribution in [-0.2, 0) is 0 Å². The molecule has 4 rings (SSSR count). The number of halogens is 3. The molecular formula is C20H19F3N2O3. The molecule has 28 heavy (non-hydrogen) atoms. The van der Waals surface area contributed by atoms with E-state index in [0.717, 1.165) is 20.0 Å².